The van der Waals surface area contributed by atoms with E-state index in [0.717, 1.165) is 11.7 Å². The minimum Gasteiger partial charge on any atom is -0.334 e. The highest BCUT2D eigenvalue weighted by molar-refractivity contribution is 8.14. The molecule has 0 aromatic heterocycles. The fourth-order valence-electron chi connectivity index (χ4n) is 2.92. The zero-order chi connectivity index (χ0) is 13.1. The van der Waals surface area contributed by atoms with Crippen LogP contribution in [-0.4, -0.2) is 23.7 Å². The number of nitrogens with one attached hydrogen (secondary N) is 1. The molecule has 0 bridgehead atoms. The highest BCUT2D eigenvalue weighted by atomic mass is 32.2. The van der Waals surface area contributed by atoms with Gasteiger partial charge in [-0.2, -0.15) is 0 Å². The molecule has 1 heterocycles. The molecule has 0 radical (unpaired) electrons. The van der Waals surface area contributed by atoms with E-state index >= 15 is 0 Å². The Morgan fingerprint density at radius 1 is 1.26 bits per heavy atom. The van der Waals surface area contributed by atoms with Gasteiger partial charge in [0.25, 0.3) is 0 Å². The van der Waals surface area contributed by atoms with Crippen molar-refractivity contribution in [3.8, 4) is 0 Å². The third-order valence-electron chi connectivity index (χ3n) is 4.09. The number of thioether (sulfide) groups is 2. The summed E-state index contributed by atoms with van der Waals surface area (Å²) in [4.78, 5) is 6.08. The predicted molar refractivity (Wildman–Crippen MR) is 87.5 cm³/mol. The first-order valence-electron chi connectivity index (χ1n) is 6.89. The van der Waals surface area contributed by atoms with E-state index in [4.69, 9.17) is 4.99 Å². The van der Waals surface area contributed by atoms with Crippen molar-refractivity contribution in [3.63, 3.8) is 0 Å². The SMILES string of the molecule is CSc1ccccc1NC1=NCC2(CCCC2)CS1. The van der Waals surface area contributed by atoms with Crippen LogP contribution in [0.25, 0.3) is 0 Å². The summed E-state index contributed by atoms with van der Waals surface area (Å²) in [6.45, 7) is 1.02. The number of para-hydroxylation sites is 1. The van der Waals surface area contributed by atoms with Crippen LogP contribution in [0.3, 0.4) is 0 Å². The van der Waals surface area contributed by atoms with Gasteiger partial charge in [0.15, 0.2) is 5.17 Å². The molecule has 3 rings (SSSR count). The Kier molecular flexibility index (Phi) is 4.08. The molecule has 0 amide bonds. The first kappa shape index (κ1) is 13.4. The maximum atomic E-state index is 4.79. The summed E-state index contributed by atoms with van der Waals surface area (Å²) < 4.78 is 0. The van der Waals surface area contributed by atoms with Crippen molar-refractivity contribution in [2.75, 3.05) is 23.9 Å². The summed E-state index contributed by atoms with van der Waals surface area (Å²) in [5, 5.41) is 4.60. The van der Waals surface area contributed by atoms with Crippen LogP contribution in [0.4, 0.5) is 5.69 Å². The Hall–Kier alpha value is -0.610. The molecule has 4 heteroatoms. The smallest absolute Gasteiger partial charge is 0.161 e. The van der Waals surface area contributed by atoms with Gasteiger partial charge in [0.1, 0.15) is 0 Å². The molecule has 1 fully saturated rings. The highest BCUT2D eigenvalue weighted by Crippen LogP contribution is 2.43. The van der Waals surface area contributed by atoms with Crippen LogP contribution in [-0.2, 0) is 0 Å². The molecular weight excluding hydrogens is 272 g/mol. The van der Waals surface area contributed by atoms with Crippen molar-refractivity contribution in [2.45, 2.75) is 30.6 Å². The van der Waals surface area contributed by atoms with Crippen LogP contribution in [0.1, 0.15) is 25.7 Å². The zero-order valence-corrected chi connectivity index (χ0v) is 12.9. The molecule has 1 N–H and O–H groups in total. The van der Waals surface area contributed by atoms with Crippen molar-refractivity contribution in [3.05, 3.63) is 24.3 Å². The number of nitrogens with zero attached hydrogens (tertiary/aromatic N) is 1. The third-order valence-corrected chi connectivity index (χ3v) is 6.14. The Bertz CT molecular complexity index is 479. The van der Waals surface area contributed by atoms with Gasteiger partial charge in [-0.25, -0.2) is 0 Å². The van der Waals surface area contributed by atoms with Gasteiger partial charge in [-0.05, 0) is 36.6 Å². The second-order valence-corrected chi connectivity index (χ2v) is 7.25. The van der Waals surface area contributed by atoms with Gasteiger partial charge in [-0.1, -0.05) is 36.7 Å². The van der Waals surface area contributed by atoms with Gasteiger partial charge in [-0.15, -0.1) is 11.8 Å². The lowest BCUT2D eigenvalue weighted by Crippen LogP contribution is -2.30. The molecule has 0 unspecified atom stereocenters. The van der Waals surface area contributed by atoms with Crippen molar-refractivity contribution in [1.82, 2.24) is 0 Å². The van der Waals surface area contributed by atoms with Gasteiger partial charge in [0.2, 0.25) is 0 Å². The van der Waals surface area contributed by atoms with Crippen molar-refractivity contribution < 1.29 is 0 Å². The lowest BCUT2D eigenvalue weighted by Gasteiger charge is -2.31. The maximum absolute atomic E-state index is 4.79. The molecule has 19 heavy (non-hydrogen) atoms. The molecule has 1 aliphatic heterocycles. The zero-order valence-electron chi connectivity index (χ0n) is 11.3. The van der Waals surface area contributed by atoms with Crippen LogP contribution < -0.4 is 5.32 Å². The van der Waals surface area contributed by atoms with Crippen LogP contribution >= 0.6 is 23.5 Å². The Balaban J connectivity index is 1.69. The second kappa shape index (κ2) is 5.80. The van der Waals surface area contributed by atoms with E-state index in [0.29, 0.717) is 5.41 Å². The van der Waals surface area contributed by atoms with E-state index in [1.54, 1.807) is 11.8 Å². The Morgan fingerprint density at radius 3 is 2.74 bits per heavy atom. The molecule has 0 atom stereocenters. The second-order valence-electron chi connectivity index (χ2n) is 5.44. The lowest BCUT2D eigenvalue weighted by atomic mass is 9.89. The lowest BCUT2D eigenvalue weighted by molar-refractivity contribution is 0.359. The monoisotopic (exact) mass is 292 g/mol. The Morgan fingerprint density at radius 2 is 2.05 bits per heavy atom. The quantitative estimate of drug-likeness (QED) is 0.813. The number of benzene rings is 1. The van der Waals surface area contributed by atoms with Gasteiger partial charge in [-0.3, -0.25) is 4.99 Å². The van der Waals surface area contributed by atoms with Gasteiger partial charge in [0.05, 0.1) is 5.69 Å². The molecule has 2 nitrogen and oxygen atoms in total. The number of hydrogen-bond donors (Lipinski definition) is 1. The number of hydrogen-bond acceptors (Lipinski definition) is 4. The standard InChI is InChI=1S/C15H20N2S2/c1-18-13-7-3-2-6-12(13)17-14-16-10-15(11-19-14)8-4-5-9-15/h2-3,6-7H,4-5,8-11H2,1H3,(H,16,17). The molecule has 1 spiro atoms. The minimum atomic E-state index is 0.523. The van der Waals surface area contributed by atoms with Crippen LogP contribution in [0, 0.1) is 5.41 Å². The summed E-state index contributed by atoms with van der Waals surface area (Å²) in [5.41, 5.74) is 1.71. The average Bonchev–Trinajstić information content (AvgIpc) is 2.91. The fraction of sp³-hybridized carbons (Fsp3) is 0.533. The average molecular weight is 292 g/mol. The number of amidine groups is 1. The first-order valence-corrected chi connectivity index (χ1v) is 9.10. The minimum absolute atomic E-state index is 0.523. The largest absolute Gasteiger partial charge is 0.334 e. The molecule has 102 valence electrons. The molecule has 1 saturated carbocycles. The van der Waals surface area contributed by atoms with Crippen LogP contribution in [0.5, 0.6) is 0 Å². The number of anilines is 1. The summed E-state index contributed by atoms with van der Waals surface area (Å²) >= 11 is 3.68. The van der Waals surface area contributed by atoms with E-state index in [1.165, 1.54) is 42.0 Å². The molecule has 0 saturated heterocycles. The van der Waals surface area contributed by atoms with E-state index in [2.05, 4.69) is 35.8 Å². The van der Waals surface area contributed by atoms with E-state index in [1.807, 2.05) is 11.8 Å². The number of rotatable bonds is 2. The van der Waals surface area contributed by atoms with Gasteiger partial charge >= 0.3 is 0 Å². The molecular formula is C15H20N2S2. The normalized spacial score (nSPS) is 21.4. The first-order chi connectivity index (χ1) is 9.31. The third kappa shape index (κ3) is 2.95. The number of aliphatic imine (C=N–C) groups is 1. The van der Waals surface area contributed by atoms with E-state index in [9.17, 15) is 0 Å². The molecule has 1 aromatic carbocycles. The maximum Gasteiger partial charge on any atom is 0.161 e. The molecule has 1 aromatic rings. The van der Waals surface area contributed by atoms with Gasteiger partial charge < -0.3 is 5.32 Å². The summed E-state index contributed by atoms with van der Waals surface area (Å²) in [7, 11) is 0. The highest BCUT2D eigenvalue weighted by Gasteiger charge is 2.36. The predicted octanol–water partition coefficient (Wildman–Crippen LogP) is 4.48. The summed E-state index contributed by atoms with van der Waals surface area (Å²) in [6.07, 6.45) is 7.66. The molecule has 2 aliphatic rings. The fourth-order valence-corrected chi connectivity index (χ4v) is 4.63. The topological polar surface area (TPSA) is 24.4 Å². The van der Waals surface area contributed by atoms with Crippen LogP contribution in [0.15, 0.2) is 34.2 Å². The van der Waals surface area contributed by atoms with Crippen molar-refractivity contribution in [2.24, 2.45) is 10.4 Å². The van der Waals surface area contributed by atoms with E-state index in [-0.39, 0.29) is 0 Å². The van der Waals surface area contributed by atoms with Crippen molar-refractivity contribution >= 4 is 34.4 Å². The van der Waals surface area contributed by atoms with Crippen LogP contribution in [0.2, 0.25) is 0 Å². The summed E-state index contributed by atoms with van der Waals surface area (Å²) in [6, 6.07) is 8.45. The van der Waals surface area contributed by atoms with Gasteiger partial charge in [0, 0.05) is 17.2 Å². The Labute approximate surface area is 123 Å². The summed E-state index contributed by atoms with van der Waals surface area (Å²) in [5.74, 6) is 1.24. The van der Waals surface area contributed by atoms with Crippen molar-refractivity contribution in [1.29, 1.82) is 0 Å². The molecule has 1 aliphatic carbocycles. The van der Waals surface area contributed by atoms with E-state index < -0.39 is 0 Å².